The average molecular weight is 253 g/mol. The van der Waals surface area contributed by atoms with E-state index in [2.05, 4.69) is 23.7 Å². The molecule has 1 heterocycles. The highest BCUT2D eigenvalue weighted by Gasteiger charge is 2.14. The molecule has 0 aliphatic carbocycles. The molecule has 17 heavy (non-hydrogen) atoms. The minimum Gasteiger partial charge on any atom is -0.444 e. The first-order chi connectivity index (χ1) is 7.87. The van der Waals surface area contributed by atoms with E-state index in [0.717, 1.165) is 0 Å². The van der Waals surface area contributed by atoms with Gasteiger partial charge >= 0.3 is 6.09 Å². The number of rotatable bonds is 3. The van der Waals surface area contributed by atoms with Gasteiger partial charge in [-0.3, -0.25) is 0 Å². The molecule has 0 radical (unpaired) electrons. The van der Waals surface area contributed by atoms with E-state index in [-0.39, 0.29) is 6.09 Å². The van der Waals surface area contributed by atoms with Gasteiger partial charge in [0.05, 0.1) is 0 Å². The largest absolute Gasteiger partial charge is 0.444 e. The van der Waals surface area contributed by atoms with Gasteiger partial charge in [0.2, 0.25) is 0 Å². The van der Waals surface area contributed by atoms with Gasteiger partial charge in [-0.15, -0.1) is 11.3 Å². The molecule has 3 nitrogen and oxygen atoms in total. The Hall–Kier alpha value is -1.29. The first-order valence-corrected chi connectivity index (χ1v) is 6.43. The van der Waals surface area contributed by atoms with E-state index in [4.69, 9.17) is 4.74 Å². The summed E-state index contributed by atoms with van der Waals surface area (Å²) in [5, 5.41) is 4.75. The normalized spacial score (nSPS) is 11.8. The average Bonchev–Trinajstić information content (AvgIpc) is 2.56. The molecule has 1 N–H and O–H groups in total. The molecular weight excluding hydrogens is 234 g/mol. The maximum Gasteiger partial charge on any atom is 0.407 e. The zero-order chi connectivity index (χ0) is 12.9. The molecule has 4 heteroatoms. The predicted octanol–water partition coefficient (Wildman–Crippen LogP) is 3.59. The minimum atomic E-state index is -0.446. The lowest BCUT2D eigenvalue weighted by Gasteiger charge is -2.19. The SMILES string of the molecule is Cc1cc(C=CCNC(=O)OC(C)(C)C)cs1. The maximum atomic E-state index is 11.3. The van der Waals surface area contributed by atoms with E-state index in [0.29, 0.717) is 6.54 Å². The van der Waals surface area contributed by atoms with Crippen molar-refractivity contribution < 1.29 is 9.53 Å². The highest BCUT2D eigenvalue weighted by atomic mass is 32.1. The number of hydrogen-bond donors (Lipinski definition) is 1. The molecule has 1 aromatic rings. The number of ether oxygens (including phenoxy) is 1. The van der Waals surface area contributed by atoms with Gasteiger partial charge < -0.3 is 10.1 Å². The van der Waals surface area contributed by atoms with Crippen LogP contribution in [0.25, 0.3) is 6.08 Å². The zero-order valence-corrected chi connectivity index (χ0v) is 11.6. The molecule has 0 atom stereocenters. The number of carbonyl (C=O) groups is 1. The Morgan fingerprint density at radius 3 is 2.76 bits per heavy atom. The summed E-state index contributed by atoms with van der Waals surface area (Å²) < 4.78 is 5.11. The summed E-state index contributed by atoms with van der Waals surface area (Å²) in [7, 11) is 0. The van der Waals surface area contributed by atoms with E-state index < -0.39 is 5.60 Å². The lowest BCUT2D eigenvalue weighted by atomic mass is 10.2. The molecule has 1 amide bonds. The Bertz CT molecular complexity index is 402. The molecule has 0 fully saturated rings. The van der Waals surface area contributed by atoms with Gasteiger partial charge in [-0.05, 0) is 44.7 Å². The topological polar surface area (TPSA) is 38.3 Å². The number of alkyl carbamates (subject to hydrolysis) is 1. The Morgan fingerprint density at radius 1 is 1.53 bits per heavy atom. The molecule has 0 aliphatic rings. The zero-order valence-electron chi connectivity index (χ0n) is 10.7. The van der Waals surface area contributed by atoms with Crippen molar-refractivity contribution in [2.24, 2.45) is 0 Å². The predicted molar refractivity (Wildman–Crippen MR) is 72.3 cm³/mol. The highest BCUT2D eigenvalue weighted by Crippen LogP contribution is 2.14. The molecule has 0 spiro atoms. The first kappa shape index (κ1) is 13.8. The van der Waals surface area contributed by atoms with E-state index in [1.54, 1.807) is 11.3 Å². The Balaban J connectivity index is 2.28. The summed E-state index contributed by atoms with van der Waals surface area (Å²) in [5.41, 5.74) is 0.719. The lowest BCUT2D eigenvalue weighted by Crippen LogP contribution is -2.32. The second-order valence-electron chi connectivity index (χ2n) is 4.78. The van der Waals surface area contributed by atoms with Crippen LogP contribution in [0.15, 0.2) is 17.5 Å². The van der Waals surface area contributed by atoms with Crippen LogP contribution in [0.3, 0.4) is 0 Å². The highest BCUT2D eigenvalue weighted by molar-refractivity contribution is 7.10. The van der Waals surface area contributed by atoms with Crippen LogP contribution >= 0.6 is 11.3 Å². The third kappa shape index (κ3) is 6.12. The van der Waals surface area contributed by atoms with Gasteiger partial charge in [0, 0.05) is 11.4 Å². The van der Waals surface area contributed by atoms with Gasteiger partial charge in [0.1, 0.15) is 5.60 Å². The van der Waals surface area contributed by atoms with Crippen LogP contribution in [0, 0.1) is 6.92 Å². The third-order valence-corrected chi connectivity index (χ3v) is 2.70. The van der Waals surface area contributed by atoms with Gasteiger partial charge in [-0.2, -0.15) is 0 Å². The van der Waals surface area contributed by atoms with Crippen LogP contribution in [0.2, 0.25) is 0 Å². The van der Waals surface area contributed by atoms with Crippen LogP contribution in [0.4, 0.5) is 4.79 Å². The van der Waals surface area contributed by atoms with E-state index in [1.165, 1.54) is 10.4 Å². The lowest BCUT2D eigenvalue weighted by molar-refractivity contribution is 0.0534. The van der Waals surface area contributed by atoms with Crippen molar-refractivity contribution in [3.8, 4) is 0 Å². The van der Waals surface area contributed by atoms with Crippen LogP contribution in [0.5, 0.6) is 0 Å². The summed E-state index contributed by atoms with van der Waals surface area (Å²) in [5.74, 6) is 0. The van der Waals surface area contributed by atoms with Crippen LogP contribution in [-0.2, 0) is 4.74 Å². The van der Waals surface area contributed by atoms with Crippen LogP contribution in [0.1, 0.15) is 31.2 Å². The van der Waals surface area contributed by atoms with Crippen molar-refractivity contribution >= 4 is 23.5 Å². The smallest absolute Gasteiger partial charge is 0.407 e. The third-order valence-electron chi connectivity index (χ3n) is 1.82. The number of amides is 1. The number of thiophene rings is 1. The van der Waals surface area contributed by atoms with Gasteiger partial charge in [0.25, 0.3) is 0 Å². The fourth-order valence-electron chi connectivity index (χ4n) is 1.20. The van der Waals surface area contributed by atoms with Crippen molar-refractivity contribution in [2.75, 3.05) is 6.54 Å². The Kier molecular flexibility index (Phi) is 4.75. The fraction of sp³-hybridized carbons (Fsp3) is 0.462. The van der Waals surface area contributed by atoms with Gasteiger partial charge in [-0.25, -0.2) is 4.79 Å². The number of carbonyl (C=O) groups excluding carboxylic acids is 1. The maximum absolute atomic E-state index is 11.3. The van der Waals surface area contributed by atoms with Crippen LogP contribution in [-0.4, -0.2) is 18.2 Å². The van der Waals surface area contributed by atoms with Crippen molar-refractivity contribution in [1.82, 2.24) is 5.32 Å². The van der Waals surface area contributed by atoms with Crippen molar-refractivity contribution in [2.45, 2.75) is 33.3 Å². The van der Waals surface area contributed by atoms with E-state index in [1.807, 2.05) is 32.9 Å². The first-order valence-electron chi connectivity index (χ1n) is 5.55. The van der Waals surface area contributed by atoms with E-state index >= 15 is 0 Å². The second-order valence-corrected chi connectivity index (χ2v) is 5.89. The standard InChI is InChI=1S/C13H19NO2S/c1-10-8-11(9-17-10)6-5-7-14-12(15)16-13(2,3)4/h5-6,8-9H,7H2,1-4H3,(H,14,15). The molecule has 0 saturated carbocycles. The minimum absolute atomic E-state index is 0.386. The molecule has 1 aromatic heterocycles. The molecule has 0 saturated heterocycles. The summed E-state index contributed by atoms with van der Waals surface area (Å²) in [4.78, 5) is 12.6. The summed E-state index contributed by atoms with van der Waals surface area (Å²) in [6, 6.07) is 2.11. The Morgan fingerprint density at radius 2 is 2.24 bits per heavy atom. The number of aryl methyl sites for hydroxylation is 1. The second kappa shape index (κ2) is 5.87. The molecule has 0 aromatic carbocycles. The van der Waals surface area contributed by atoms with Crippen molar-refractivity contribution in [1.29, 1.82) is 0 Å². The summed E-state index contributed by atoms with van der Waals surface area (Å²) in [6.45, 7) is 8.08. The van der Waals surface area contributed by atoms with Crippen molar-refractivity contribution in [3.05, 3.63) is 28.0 Å². The molecule has 0 unspecified atom stereocenters. The van der Waals surface area contributed by atoms with Gasteiger partial charge in [0.15, 0.2) is 0 Å². The quantitative estimate of drug-likeness (QED) is 0.894. The molecule has 1 rings (SSSR count). The van der Waals surface area contributed by atoms with E-state index in [9.17, 15) is 4.79 Å². The van der Waals surface area contributed by atoms with Crippen molar-refractivity contribution in [3.63, 3.8) is 0 Å². The number of hydrogen-bond acceptors (Lipinski definition) is 3. The van der Waals surface area contributed by atoms with Gasteiger partial charge in [-0.1, -0.05) is 12.2 Å². The number of nitrogens with one attached hydrogen (secondary N) is 1. The molecule has 0 bridgehead atoms. The van der Waals surface area contributed by atoms with Crippen LogP contribution < -0.4 is 5.32 Å². The fourth-order valence-corrected chi connectivity index (χ4v) is 1.88. The molecule has 0 aliphatic heterocycles. The monoisotopic (exact) mass is 253 g/mol. The molecule has 94 valence electrons. The summed E-state index contributed by atoms with van der Waals surface area (Å²) in [6.07, 6.45) is 3.51. The Labute approximate surface area is 106 Å². The molecular formula is C13H19NO2S. The summed E-state index contributed by atoms with van der Waals surface area (Å²) >= 11 is 1.71.